The van der Waals surface area contributed by atoms with Crippen molar-refractivity contribution in [3.05, 3.63) is 23.8 Å². The Kier molecular flexibility index (Phi) is 4.42. The zero-order valence-corrected chi connectivity index (χ0v) is 15.2. The zero-order chi connectivity index (χ0) is 16.7. The molecular formula is C20H28ClNO2. The minimum absolute atomic E-state index is 0.255. The van der Waals surface area contributed by atoms with Crippen molar-refractivity contribution < 1.29 is 9.84 Å². The fraction of sp³-hybridized carbons (Fsp3) is 0.700. The molecule has 5 rings (SSSR count). The molecule has 1 atom stereocenters. The number of aliphatic hydroxyl groups excluding tert-OH is 1. The summed E-state index contributed by atoms with van der Waals surface area (Å²) >= 11 is 5.70. The van der Waals surface area contributed by atoms with Crippen molar-refractivity contribution in [2.24, 2.45) is 17.8 Å². The van der Waals surface area contributed by atoms with Crippen molar-refractivity contribution in [2.45, 2.75) is 50.0 Å². The Morgan fingerprint density at radius 2 is 1.83 bits per heavy atom. The van der Waals surface area contributed by atoms with E-state index in [1.165, 1.54) is 44.1 Å². The first-order chi connectivity index (χ1) is 11.6. The van der Waals surface area contributed by atoms with Crippen LogP contribution in [0.5, 0.6) is 5.75 Å². The zero-order valence-electron chi connectivity index (χ0n) is 14.4. The lowest BCUT2D eigenvalue weighted by atomic mass is 9.48. The predicted octanol–water partition coefficient (Wildman–Crippen LogP) is 4.17. The number of ether oxygens (including phenoxy) is 1. The number of hydrogen-bond acceptors (Lipinski definition) is 3. The van der Waals surface area contributed by atoms with Crippen molar-refractivity contribution in [1.29, 1.82) is 0 Å². The molecule has 0 aromatic heterocycles. The molecule has 0 saturated heterocycles. The normalized spacial score (nSPS) is 35.0. The quantitative estimate of drug-likeness (QED) is 0.757. The molecule has 2 N–H and O–H groups in total. The SMILES string of the molecule is COc1ccc(NCC(O)CCl)cc1C12CC3CC(CC(C3)C1)C2. The summed E-state index contributed by atoms with van der Waals surface area (Å²) in [4.78, 5) is 0. The molecule has 3 nitrogen and oxygen atoms in total. The Labute approximate surface area is 149 Å². The van der Waals surface area contributed by atoms with E-state index >= 15 is 0 Å². The topological polar surface area (TPSA) is 41.5 Å². The average molecular weight is 350 g/mol. The molecule has 24 heavy (non-hydrogen) atoms. The summed E-state index contributed by atoms with van der Waals surface area (Å²) in [5.74, 6) is 4.02. The van der Waals surface area contributed by atoms with E-state index in [4.69, 9.17) is 16.3 Å². The van der Waals surface area contributed by atoms with Crippen molar-refractivity contribution in [2.75, 3.05) is 24.9 Å². The number of aliphatic hydroxyl groups is 1. The first kappa shape index (κ1) is 16.5. The van der Waals surface area contributed by atoms with Crippen LogP contribution < -0.4 is 10.1 Å². The maximum atomic E-state index is 9.70. The molecule has 1 aromatic carbocycles. The number of nitrogens with one attached hydrogen (secondary N) is 1. The number of benzene rings is 1. The molecule has 0 radical (unpaired) electrons. The Hall–Kier alpha value is -0.930. The number of rotatable bonds is 6. The summed E-state index contributed by atoms with van der Waals surface area (Å²) in [5, 5.41) is 13.0. The predicted molar refractivity (Wildman–Crippen MR) is 98.1 cm³/mol. The van der Waals surface area contributed by atoms with Crippen LogP contribution in [-0.4, -0.2) is 30.7 Å². The van der Waals surface area contributed by atoms with Gasteiger partial charge in [0.25, 0.3) is 0 Å². The number of anilines is 1. The van der Waals surface area contributed by atoms with Gasteiger partial charge in [-0.2, -0.15) is 0 Å². The minimum atomic E-state index is -0.517. The highest BCUT2D eigenvalue weighted by Gasteiger charge is 2.52. The molecule has 0 heterocycles. The second-order valence-corrected chi connectivity index (χ2v) is 8.61. The number of halogens is 1. The van der Waals surface area contributed by atoms with Crippen LogP contribution in [0.25, 0.3) is 0 Å². The summed E-state index contributed by atoms with van der Waals surface area (Å²) in [6, 6.07) is 6.40. The third kappa shape index (κ3) is 2.90. The molecule has 4 aliphatic carbocycles. The van der Waals surface area contributed by atoms with Crippen molar-refractivity contribution in [1.82, 2.24) is 0 Å². The average Bonchev–Trinajstić information content (AvgIpc) is 2.58. The smallest absolute Gasteiger partial charge is 0.122 e. The van der Waals surface area contributed by atoms with Gasteiger partial charge in [-0.05, 0) is 79.9 Å². The van der Waals surface area contributed by atoms with Crippen molar-refractivity contribution in [3.63, 3.8) is 0 Å². The largest absolute Gasteiger partial charge is 0.496 e. The third-order valence-corrected chi connectivity index (χ3v) is 6.89. The van der Waals surface area contributed by atoms with Gasteiger partial charge in [0.1, 0.15) is 5.75 Å². The molecular weight excluding hydrogens is 322 g/mol. The number of methoxy groups -OCH3 is 1. The van der Waals surface area contributed by atoms with Gasteiger partial charge in [-0.1, -0.05) is 0 Å². The molecule has 1 aromatic rings. The molecule has 0 amide bonds. The van der Waals surface area contributed by atoms with Crippen LogP contribution >= 0.6 is 11.6 Å². The van der Waals surface area contributed by atoms with E-state index in [2.05, 4.69) is 17.4 Å². The van der Waals surface area contributed by atoms with Crippen LogP contribution in [-0.2, 0) is 5.41 Å². The van der Waals surface area contributed by atoms with Gasteiger partial charge in [0.2, 0.25) is 0 Å². The van der Waals surface area contributed by atoms with Crippen molar-refractivity contribution >= 4 is 17.3 Å². The van der Waals surface area contributed by atoms with Gasteiger partial charge >= 0.3 is 0 Å². The monoisotopic (exact) mass is 349 g/mol. The summed E-state index contributed by atoms with van der Waals surface area (Å²) in [7, 11) is 1.78. The maximum absolute atomic E-state index is 9.70. The van der Waals surface area contributed by atoms with Gasteiger partial charge in [-0.25, -0.2) is 0 Å². The van der Waals surface area contributed by atoms with E-state index in [1.807, 2.05) is 6.07 Å². The Balaban J connectivity index is 1.63. The standard InChI is InChI=1S/C20H28ClNO2/c1-24-19-3-2-16(22-12-17(23)11-21)7-18(19)20-8-13-4-14(9-20)6-15(5-13)10-20/h2-3,7,13-15,17,22-23H,4-6,8-12H2,1H3. The Morgan fingerprint density at radius 3 is 2.38 bits per heavy atom. The van der Waals surface area contributed by atoms with Gasteiger partial charge in [0.05, 0.1) is 19.1 Å². The van der Waals surface area contributed by atoms with Gasteiger partial charge in [0.15, 0.2) is 0 Å². The first-order valence-electron chi connectivity index (χ1n) is 9.28. The fourth-order valence-electron chi connectivity index (χ4n) is 5.96. The summed E-state index contributed by atoms with van der Waals surface area (Å²) in [6.45, 7) is 0.482. The van der Waals surface area contributed by atoms with Crippen LogP contribution in [0.4, 0.5) is 5.69 Å². The second-order valence-electron chi connectivity index (χ2n) is 8.30. The van der Waals surface area contributed by atoms with E-state index in [-0.39, 0.29) is 5.88 Å². The van der Waals surface area contributed by atoms with Gasteiger partial charge in [0, 0.05) is 17.8 Å². The minimum Gasteiger partial charge on any atom is -0.496 e. The lowest BCUT2D eigenvalue weighted by Gasteiger charge is -2.57. The molecule has 1 unspecified atom stereocenters. The fourth-order valence-corrected chi connectivity index (χ4v) is 6.07. The van der Waals surface area contributed by atoms with E-state index in [0.29, 0.717) is 12.0 Å². The molecule has 4 heteroatoms. The molecule has 132 valence electrons. The summed E-state index contributed by atoms with van der Waals surface area (Å²) in [6.07, 6.45) is 7.79. The van der Waals surface area contributed by atoms with Crippen LogP contribution in [0.1, 0.15) is 44.1 Å². The first-order valence-corrected chi connectivity index (χ1v) is 9.82. The molecule has 4 saturated carbocycles. The van der Waals surface area contributed by atoms with Crippen LogP contribution in [0.2, 0.25) is 0 Å². The van der Waals surface area contributed by atoms with E-state index < -0.39 is 6.10 Å². The Morgan fingerprint density at radius 1 is 1.21 bits per heavy atom. The number of hydrogen-bond donors (Lipinski definition) is 2. The molecule has 0 spiro atoms. The Bertz CT molecular complexity index is 568. The van der Waals surface area contributed by atoms with E-state index in [1.54, 1.807) is 7.11 Å². The lowest BCUT2D eigenvalue weighted by Crippen LogP contribution is -2.48. The van der Waals surface area contributed by atoms with Crippen LogP contribution in [0.3, 0.4) is 0 Å². The number of alkyl halides is 1. The molecule has 4 bridgehead atoms. The van der Waals surface area contributed by atoms with Crippen molar-refractivity contribution in [3.8, 4) is 5.75 Å². The second kappa shape index (κ2) is 6.42. The summed E-state index contributed by atoms with van der Waals surface area (Å²) in [5.41, 5.74) is 2.75. The summed E-state index contributed by atoms with van der Waals surface area (Å²) < 4.78 is 5.74. The highest BCUT2D eigenvalue weighted by atomic mass is 35.5. The third-order valence-electron chi connectivity index (χ3n) is 6.53. The highest BCUT2D eigenvalue weighted by Crippen LogP contribution is 2.62. The maximum Gasteiger partial charge on any atom is 0.122 e. The van der Waals surface area contributed by atoms with Gasteiger partial charge < -0.3 is 15.2 Å². The van der Waals surface area contributed by atoms with Crippen LogP contribution in [0, 0.1) is 17.8 Å². The van der Waals surface area contributed by atoms with E-state index in [0.717, 1.165) is 29.2 Å². The molecule has 4 fully saturated rings. The van der Waals surface area contributed by atoms with E-state index in [9.17, 15) is 5.11 Å². The lowest BCUT2D eigenvalue weighted by molar-refractivity contribution is -0.00613. The van der Waals surface area contributed by atoms with Gasteiger partial charge in [-0.3, -0.25) is 0 Å². The van der Waals surface area contributed by atoms with Crippen LogP contribution in [0.15, 0.2) is 18.2 Å². The molecule has 0 aliphatic heterocycles. The molecule has 4 aliphatic rings. The highest BCUT2D eigenvalue weighted by molar-refractivity contribution is 6.18. The van der Waals surface area contributed by atoms with Gasteiger partial charge in [-0.15, -0.1) is 11.6 Å².